The van der Waals surface area contributed by atoms with Gasteiger partial charge in [0.2, 0.25) is 0 Å². The summed E-state index contributed by atoms with van der Waals surface area (Å²) in [6.07, 6.45) is 6.49. The van der Waals surface area contributed by atoms with Gasteiger partial charge < -0.3 is 18.8 Å². The Labute approximate surface area is 147 Å². The van der Waals surface area contributed by atoms with Crippen LogP contribution in [0.25, 0.3) is 11.1 Å². The molecule has 5 nitrogen and oxygen atoms in total. The van der Waals surface area contributed by atoms with Gasteiger partial charge in [-0.15, -0.1) is 0 Å². The van der Waals surface area contributed by atoms with E-state index in [1.54, 1.807) is 20.4 Å². The third-order valence-corrected chi connectivity index (χ3v) is 3.93. The zero-order chi connectivity index (χ0) is 17.5. The lowest BCUT2D eigenvalue weighted by Crippen LogP contribution is -2.02. The van der Waals surface area contributed by atoms with Crippen LogP contribution in [0.15, 0.2) is 61.2 Å². The van der Waals surface area contributed by atoms with Crippen molar-refractivity contribution in [3.63, 3.8) is 0 Å². The Bertz CT molecular complexity index is 761. The fraction of sp³-hybridized carbons (Fsp3) is 0.250. The molecule has 1 heterocycles. The van der Waals surface area contributed by atoms with Crippen LogP contribution in [0.4, 0.5) is 0 Å². The number of methoxy groups -OCH3 is 2. The number of nitrogens with zero attached hydrogens (tertiary/aromatic N) is 2. The van der Waals surface area contributed by atoms with Crippen LogP contribution in [0.3, 0.4) is 0 Å². The molecule has 0 unspecified atom stereocenters. The van der Waals surface area contributed by atoms with Gasteiger partial charge in [0, 0.05) is 25.0 Å². The molecule has 1 aromatic heterocycles. The predicted molar refractivity (Wildman–Crippen MR) is 97.3 cm³/mol. The van der Waals surface area contributed by atoms with Crippen LogP contribution in [0.2, 0.25) is 0 Å². The van der Waals surface area contributed by atoms with Crippen LogP contribution in [0.1, 0.15) is 6.42 Å². The van der Waals surface area contributed by atoms with Gasteiger partial charge in [0.1, 0.15) is 17.2 Å². The van der Waals surface area contributed by atoms with Gasteiger partial charge in [-0.05, 0) is 41.8 Å². The second kappa shape index (κ2) is 8.24. The zero-order valence-electron chi connectivity index (χ0n) is 14.5. The molecule has 0 radical (unpaired) electrons. The predicted octanol–water partition coefficient (Wildman–Crippen LogP) is 4.04. The van der Waals surface area contributed by atoms with Gasteiger partial charge in [-0.2, -0.15) is 0 Å². The van der Waals surface area contributed by atoms with Crippen LogP contribution in [-0.4, -0.2) is 30.4 Å². The summed E-state index contributed by atoms with van der Waals surface area (Å²) in [5.74, 6) is 2.41. The first-order valence-electron chi connectivity index (χ1n) is 8.20. The Morgan fingerprint density at radius 3 is 2.20 bits per heavy atom. The molecule has 0 atom stereocenters. The van der Waals surface area contributed by atoms with E-state index in [1.165, 1.54) is 0 Å². The number of aryl methyl sites for hydroxylation is 1. The number of ether oxygens (including phenoxy) is 3. The maximum absolute atomic E-state index is 5.80. The maximum Gasteiger partial charge on any atom is 0.123 e. The standard InChI is InChI=1S/C20H22N2O3/c1-23-19-12-17(13-20(14-19)24-2)16-4-6-18(7-5-16)25-11-3-9-22-10-8-21-15-22/h4-8,10,12-15H,3,9,11H2,1-2H3. The second-order valence-electron chi connectivity index (χ2n) is 5.63. The summed E-state index contributed by atoms with van der Waals surface area (Å²) in [6.45, 7) is 1.58. The number of aromatic nitrogens is 2. The van der Waals surface area contributed by atoms with Crippen LogP contribution in [-0.2, 0) is 6.54 Å². The molecule has 0 bridgehead atoms. The molecular formula is C20H22N2O3. The van der Waals surface area contributed by atoms with Crippen molar-refractivity contribution in [1.82, 2.24) is 9.55 Å². The van der Waals surface area contributed by atoms with Gasteiger partial charge in [-0.3, -0.25) is 0 Å². The molecule has 0 saturated carbocycles. The van der Waals surface area contributed by atoms with E-state index in [9.17, 15) is 0 Å². The van der Waals surface area contributed by atoms with E-state index >= 15 is 0 Å². The average Bonchev–Trinajstić information content (AvgIpc) is 3.18. The van der Waals surface area contributed by atoms with Crippen molar-refractivity contribution in [1.29, 1.82) is 0 Å². The lowest BCUT2D eigenvalue weighted by atomic mass is 10.0. The SMILES string of the molecule is COc1cc(OC)cc(-c2ccc(OCCCn3ccnc3)cc2)c1. The second-order valence-corrected chi connectivity index (χ2v) is 5.63. The van der Waals surface area contributed by atoms with Gasteiger partial charge in [0.25, 0.3) is 0 Å². The number of rotatable bonds is 8. The van der Waals surface area contributed by atoms with Crippen molar-refractivity contribution in [3.05, 3.63) is 61.2 Å². The molecule has 2 aromatic carbocycles. The summed E-state index contributed by atoms with van der Waals surface area (Å²) in [5.41, 5.74) is 2.13. The van der Waals surface area contributed by atoms with Crippen molar-refractivity contribution in [2.75, 3.05) is 20.8 Å². The van der Waals surface area contributed by atoms with E-state index in [1.807, 2.05) is 59.6 Å². The highest BCUT2D eigenvalue weighted by molar-refractivity contribution is 5.67. The first kappa shape index (κ1) is 16.9. The molecule has 0 spiro atoms. The highest BCUT2D eigenvalue weighted by Crippen LogP contribution is 2.30. The molecule has 0 N–H and O–H groups in total. The summed E-state index contributed by atoms with van der Waals surface area (Å²) in [7, 11) is 3.30. The molecule has 0 saturated heterocycles. The van der Waals surface area contributed by atoms with E-state index in [-0.39, 0.29) is 0 Å². The molecule has 0 amide bonds. The normalized spacial score (nSPS) is 10.5. The minimum absolute atomic E-state index is 0.671. The molecule has 130 valence electrons. The number of imidazole rings is 1. The lowest BCUT2D eigenvalue weighted by Gasteiger charge is -2.10. The molecule has 0 aliphatic rings. The van der Waals surface area contributed by atoms with E-state index in [0.717, 1.165) is 41.3 Å². The summed E-state index contributed by atoms with van der Waals surface area (Å²) in [6, 6.07) is 13.9. The number of hydrogen-bond acceptors (Lipinski definition) is 4. The first-order chi connectivity index (χ1) is 12.3. The third kappa shape index (κ3) is 4.53. The van der Waals surface area contributed by atoms with Crippen LogP contribution in [0.5, 0.6) is 17.2 Å². The van der Waals surface area contributed by atoms with Crippen molar-refractivity contribution < 1.29 is 14.2 Å². The monoisotopic (exact) mass is 338 g/mol. The summed E-state index contributed by atoms with van der Waals surface area (Å²) < 4.78 is 18.5. The minimum atomic E-state index is 0.671. The summed E-state index contributed by atoms with van der Waals surface area (Å²) >= 11 is 0. The Morgan fingerprint density at radius 1 is 0.880 bits per heavy atom. The van der Waals surface area contributed by atoms with Crippen LogP contribution in [0, 0.1) is 0 Å². The van der Waals surface area contributed by atoms with Gasteiger partial charge in [0.15, 0.2) is 0 Å². The highest BCUT2D eigenvalue weighted by Gasteiger charge is 2.05. The number of benzene rings is 2. The Kier molecular flexibility index (Phi) is 5.57. The first-order valence-corrected chi connectivity index (χ1v) is 8.20. The van der Waals surface area contributed by atoms with Crippen LogP contribution >= 0.6 is 0 Å². The summed E-state index contributed by atoms with van der Waals surface area (Å²) in [4.78, 5) is 4.03. The van der Waals surface area contributed by atoms with Gasteiger partial charge in [-0.1, -0.05) is 12.1 Å². The van der Waals surface area contributed by atoms with Gasteiger partial charge in [-0.25, -0.2) is 4.98 Å². The topological polar surface area (TPSA) is 45.5 Å². The molecule has 0 aliphatic heterocycles. The lowest BCUT2D eigenvalue weighted by molar-refractivity contribution is 0.302. The van der Waals surface area contributed by atoms with Crippen molar-refractivity contribution in [3.8, 4) is 28.4 Å². The fourth-order valence-electron chi connectivity index (χ4n) is 2.57. The van der Waals surface area contributed by atoms with Gasteiger partial charge >= 0.3 is 0 Å². The molecule has 3 aromatic rings. The number of hydrogen-bond donors (Lipinski definition) is 0. The van der Waals surface area contributed by atoms with E-state index < -0.39 is 0 Å². The molecule has 25 heavy (non-hydrogen) atoms. The molecular weight excluding hydrogens is 316 g/mol. The van der Waals surface area contributed by atoms with Crippen LogP contribution < -0.4 is 14.2 Å². The van der Waals surface area contributed by atoms with Crippen molar-refractivity contribution in [2.24, 2.45) is 0 Å². The Hall–Kier alpha value is -2.95. The molecule has 0 fully saturated rings. The van der Waals surface area contributed by atoms with Crippen molar-refractivity contribution in [2.45, 2.75) is 13.0 Å². The molecule has 0 aliphatic carbocycles. The summed E-state index contributed by atoms with van der Waals surface area (Å²) in [5, 5.41) is 0. The Balaban J connectivity index is 1.60. The molecule has 5 heteroatoms. The smallest absolute Gasteiger partial charge is 0.123 e. The van der Waals surface area contributed by atoms with Gasteiger partial charge in [0.05, 0.1) is 27.2 Å². The largest absolute Gasteiger partial charge is 0.497 e. The van der Waals surface area contributed by atoms with E-state index in [4.69, 9.17) is 14.2 Å². The fourth-order valence-corrected chi connectivity index (χ4v) is 2.57. The van der Waals surface area contributed by atoms with E-state index in [0.29, 0.717) is 6.61 Å². The minimum Gasteiger partial charge on any atom is -0.497 e. The maximum atomic E-state index is 5.80. The highest BCUT2D eigenvalue weighted by atomic mass is 16.5. The zero-order valence-corrected chi connectivity index (χ0v) is 14.5. The Morgan fingerprint density at radius 2 is 1.60 bits per heavy atom. The quantitative estimate of drug-likeness (QED) is 0.582. The average molecular weight is 338 g/mol. The van der Waals surface area contributed by atoms with E-state index in [2.05, 4.69) is 4.98 Å². The molecule has 3 rings (SSSR count). The third-order valence-electron chi connectivity index (χ3n) is 3.93. The van der Waals surface area contributed by atoms with Crippen molar-refractivity contribution >= 4 is 0 Å².